The summed E-state index contributed by atoms with van der Waals surface area (Å²) in [5, 5.41) is 27.4. The van der Waals surface area contributed by atoms with Crippen LogP contribution in [-0.4, -0.2) is 58.6 Å². The van der Waals surface area contributed by atoms with Crippen LogP contribution in [0.25, 0.3) is 0 Å². The molecule has 0 saturated heterocycles. The molecule has 0 saturated carbocycles. The molecule has 0 fully saturated rings. The highest BCUT2D eigenvalue weighted by atomic mass is 16.6. The first-order valence-electron chi connectivity index (χ1n) is 12.3. The number of carbonyl (C=O) groups excluding carboxylic acids is 2. The molecule has 0 aliphatic carbocycles. The summed E-state index contributed by atoms with van der Waals surface area (Å²) in [5.74, 6) is -2.90. The maximum atomic E-state index is 11.7. The third kappa shape index (κ3) is 20.2. The van der Waals surface area contributed by atoms with Crippen LogP contribution >= 0.6 is 0 Å². The fourth-order valence-electron chi connectivity index (χ4n) is 3.30. The summed E-state index contributed by atoms with van der Waals surface area (Å²) in [6.07, 6.45) is 13.8. The third-order valence-corrected chi connectivity index (χ3v) is 5.23. The van der Waals surface area contributed by atoms with Gasteiger partial charge in [-0.15, -0.1) is 0 Å². The predicted octanol–water partition coefficient (Wildman–Crippen LogP) is 4.14. The lowest BCUT2D eigenvalue weighted by molar-refractivity contribution is -0.162. The van der Waals surface area contributed by atoms with E-state index in [1.54, 1.807) is 0 Å². The van der Waals surface area contributed by atoms with Crippen LogP contribution in [0.5, 0.6) is 0 Å². The minimum Gasteiger partial charge on any atom is -0.481 e. The number of rotatable bonds is 22. The van der Waals surface area contributed by atoms with Crippen molar-refractivity contribution in [3.8, 4) is 0 Å². The number of carboxylic acids is 1. The van der Waals surface area contributed by atoms with E-state index in [1.807, 2.05) is 0 Å². The van der Waals surface area contributed by atoms with Crippen molar-refractivity contribution in [2.75, 3.05) is 13.2 Å². The second kappa shape index (κ2) is 21.2. The van der Waals surface area contributed by atoms with Crippen LogP contribution in [0.2, 0.25) is 0 Å². The van der Waals surface area contributed by atoms with Gasteiger partial charge in [0.05, 0.1) is 6.42 Å². The number of esters is 2. The molecule has 0 bridgehead atoms. The molecule has 0 rings (SSSR count). The van der Waals surface area contributed by atoms with Crippen LogP contribution < -0.4 is 0 Å². The molecule has 8 heteroatoms. The van der Waals surface area contributed by atoms with E-state index in [1.165, 1.54) is 70.6 Å². The van der Waals surface area contributed by atoms with Gasteiger partial charge in [0.1, 0.15) is 19.3 Å². The monoisotopic (exact) mass is 460 g/mol. The SMILES string of the molecule is CCCCCCCCCCCCCCCCC(=O)OCC(O)COC(=O)[C@H](O)CC(=O)O. The van der Waals surface area contributed by atoms with Crippen molar-refractivity contribution >= 4 is 17.9 Å². The number of carboxylic acid groups (broad SMARTS) is 1. The molecule has 0 spiro atoms. The van der Waals surface area contributed by atoms with Crippen LogP contribution in [-0.2, 0) is 23.9 Å². The van der Waals surface area contributed by atoms with Gasteiger partial charge in [0.2, 0.25) is 0 Å². The molecule has 0 radical (unpaired) electrons. The lowest BCUT2D eigenvalue weighted by Gasteiger charge is -2.13. The molecule has 0 aromatic carbocycles. The smallest absolute Gasteiger partial charge is 0.335 e. The van der Waals surface area contributed by atoms with Crippen LogP contribution in [0.15, 0.2) is 0 Å². The van der Waals surface area contributed by atoms with E-state index >= 15 is 0 Å². The summed E-state index contributed by atoms with van der Waals surface area (Å²) in [4.78, 5) is 33.4. The summed E-state index contributed by atoms with van der Waals surface area (Å²) in [6, 6.07) is 0. The topological polar surface area (TPSA) is 130 Å². The van der Waals surface area contributed by atoms with Gasteiger partial charge in [-0.05, 0) is 6.42 Å². The van der Waals surface area contributed by atoms with Crippen LogP contribution in [0.3, 0.4) is 0 Å². The molecule has 2 atom stereocenters. The van der Waals surface area contributed by atoms with Crippen LogP contribution in [0.4, 0.5) is 0 Å². The number of aliphatic carboxylic acids is 1. The van der Waals surface area contributed by atoms with E-state index in [4.69, 9.17) is 9.84 Å². The fraction of sp³-hybridized carbons (Fsp3) is 0.875. The summed E-state index contributed by atoms with van der Waals surface area (Å²) in [7, 11) is 0. The zero-order valence-electron chi connectivity index (χ0n) is 19.8. The van der Waals surface area contributed by atoms with Crippen molar-refractivity contribution in [1.82, 2.24) is 0 Å². The Bertz CT molecular complexity index is 494. The summed E-state index contributed by atoms with van der Waals surface area (Å²) in [6.45, 7) is 1.44. The Labute approximate surface area is 192 Å². The Morgan fingerprint density at radius 3 is 1.59 bits per heavy atom. The highest BCUT2D eigenvalue weighted by molar-refractivity contribution is 5.80. The van der Waals surface area contributed by atoms with Crippen molar-refractivity contribution in [3.63, 3.8) is 0 Å². The van der Waals surface area contributed by atoms with E-state index in [9.17, 15) is 24.6 Å². The Balaban J connectivity index is 3.47. The van der Waals surface area contributed by atoms with E-state index in [2.05, 4.69) is 11.7 Å². The van der Waals surface area contributed by atoms with Crippen LogP contribution in [0.1, 0.15) is 110 Å². The number of unbranched alkanes of at least 4 members (excludes halogenated alkanes) is 13. The van der Waals surface area contributed by atoms with E-state index in [0.29, 0.717) is 0 Å². The lowest BCUT2D eigenvalue weighted by atomic mass is 10.0. The Morgan fingerprint density at radius 1 is 0.688 bits per heavy atom. The largest absolute Gasteiger partial charge is 0.481 e. The van der Waals surface area contributed by atoms with E-state index < -0.39 is 43.1 Å². The van der Waals surface area contributed by atoms with Crippen molar-refractivity contribution in [2.45, 2.75) is 122 Å². The maximum Gasteiger partial charge on any atom is 0.335 e. The molecule has 0 heterocycles. The van der Waals surface area contributed by atoms with Gasteiger partial charge in [0.15, 0.2) is 6.10 Å². The first-order valence-corrected chi connectivity index (χ1v) is 12.3. The molecule has 0 aliphatic rings. The third-order valence-electron chi connectivity index (χ3n) is 5.23. The summed E-state index contributed by atoms with van der Waals surface area (Å²) >= 11 is 0. The fourth-order valence-corrected chi connectivity index (χ4v) is 3.30. The molecule has 188 valence electrons. The highest BCUT2D eigenvalue weighted by Crippen LogP contribution is 2.13. The molecular weight excluding hydrogens is 416 g/mol. The Morgan fingerprint density at radius 2 is 1.12 bits per heavy atom. The van der Waals surface area contributed by atoms with Crippen LogP contribution in [0, 0.1) is 0 Å². The average molecular weight is 461 g/mol. The van der Waals surface area contributed by atoms with Gasteiger partial charge in [-0.25, -0.2) is 4.79 Å². The minimum atomic E-state index is -1.79. The maximum absolute atomic E-state index is 11.7. The van der Waals surface area contributed by atoms with Gasteiger partial charge in [-0.1, -0.05) is 90.4 Å². The predicted molar refractivity (Wildman–Crippen MR) is 121 cm³/mol. The zero-order chi connectivity index (χ0) is 24.0. The molecule has 0 aromatic rings. The minimum absolute atomic E-state index is 0.280. The zero-order valence-corrected chi connectivity index (χ0v) is 19.8. The second-order valence-electron chi connectivity index (χ2n) is 8.43. The first-order chi connectivity index (χ1) is 15.4. The highest BCUT2D eigenvalue weighted by Gasteiger charge is 2.21. The van der Waals surface area contributed by atoms with Crippen molar-refractivity contribution in [1.29, 1.82) is 0 Å². The van der Waals surface area contributed by atoms with E-state index in [0.717, 1.165) is 19.3 Å². The lowest BCUT2D eigenvalue weighted by Crippen LogP contribution is -2.31. The summed E-state index contributed by atoms with van der Waals surface area (Å²) in [5.41, 5.74) is 0. The van der Waals surface area contributed by atoms with Crippen molar-refractivity contribution in [2.24, 2.45) is 0 Å². The molecule has 0 aromatic heterocycles. The van der Waals surface area contributed by atoms with Gasteiger partial charge in [0, 0.05) is 6.42 Å². The normalized spacial score (nSPS) is 12.8. The number of aliphatic hydroxyl groups excluding tert-OH is 2. The number of hydrogen-bond acceptors (Lipinski definition) is 7. The first kappa shape index (κ1) is 30.3. The van der Waals surface area contributed by atoms with Gasteiger partial charge in [-0.3, -0.25) is 9.59 Å². The Kier molecular flexibility index (Phi) is 20.1. The van der Waals surface area contributed by atoms with E-state index in [-0.39, 0.29) is 13.0 Å². The molecule has 8 nitrogen and oxygen atoms in total. The van der Waals surface area contributed by atoms with Gasteiger partial charge in [0.25, 0.3) is 0 Å². The molecule has 1 unspecified atom stereocenters. The van der Waals surface area contributed by atoms with Crippen molar-refractivity contribution in [3.05, 3.63) is 0 Å². The standard InChI is InChI=1S/C24H44O8/c1-2-3-4-5-6-7-8-9-10-11-12-13-14-15-16-23(29)31-18-20(25)19-32-24(30)21(26)17-22(27)28/h20-21,25-26H,2-19H2,1H3,(H,27,28)/t20?,21-/m1/s1. The molecular formula is C24H44O8. The average Bonchev–Trinajstić information content (AvgIpc) is 2.75. The summed E-state index contributed by atoms with van der Waals surface area (Å²) < 4.78 is 9.53. The van der Waals surface area contributed by atoms with Gasteiger partial charge >= 0.3 is 17.9 Å². The Hall–Kier alpha value is -1.67. The number of hydrogen-bond donors (Lipinski definition) is 3. The molecule has 32 heavy (non-hydrogen) atoms. The number of carbonyl (C=O) groups is 3. The molecule has 3 N–H and O–H groups in total. The van der Waals surface area contributed by atoms with Gasteiger partial charge in [-0.2, -0.15) is 0 Å². The molecule has 0 amide bonds. The second-order valence-corrected chi connectivity index (χ2v) is 8.43. The number of aliphatic hydroxyl groups is 2. The van der Waals surface area contributed by atoms with Gasteiger partial charge < -0.3 is 24.8 Å². The van der Waals surface area contributed by atoms with Crippen molar-refractivity contribution < 1.29 is 39.2 Å². The number of ether oxygens (including phenoxy) is 2. The quantitative estimate of drug-likeness (QED) is 0.162. The molecule has 0 aliphatic heterocycles.